The fourth-order valence-corrected chi connectivity index (χ4v) is 2.27. The van der Waals surface area contributed by atoms with E-state index in [2.05, 4.69) is 28.9 Å². The summed E-state index contributed by atoms with van der Waals surface area (Å²) in [7, 11) is 1.66. The van der Waals surface area contributed by atoms with Crippen molar-refractivity contribution < 1.29 is 4.79 Å². The second kappa shape index (κ2) is 5.08. The third-order valence-electron chi connectivity index (χ3n) is 3.22. The van der Waals surface area contributed by atoms with Crippen molar-refractivity contribution >= 4 is 5.91 Å². The second-order valence-electron chi connectivity index (χ2n) is 4.22. The quantitative estimate of drug-likeness (QED) is 0.882. The van der Waals surface area contributed by atoms with Crippen molar-refractivity contribution in [3.8, 4) is 11.3 Å². The normalized spacial score (nSPS) is 10.4. The van der Waals surface area contributed by atoms with Crippen LogP contribution in [0.15, 0.2) is 36.4 Å². The number of nitrogens with zero attached hydrogens (tertiary/aromatic N) is 1. The Balaban J connectivity index is 2.58. The maximum Gasteiger partial charge on any atom is 0.252 e. The van der Waals surface area contributed by atoms with Crippen LogP contribution < -0.4 is 5.32 Å². The lowest BCUT2D eigenvalue weighted by molar-refractivity contribution is 0.0962. The summed E-state index contributed by atoms with van der Waals surface area (Å²) in [5, 5.41) is 2.69. The molecule has 0 saturated carbocycles. The monoisotopic (exact) mass is 242 g/mol. The average molecular weight is 242 g/mol. The second-order valence-corrected chi connectivity index (χ2v) is 4.22. The van der Waals surface area contributed by atoms with E-state index in [4.69, 9.17) is 0 Å². The molecule has 0 fully saturated rings. The van der Waals surface area contributed by atoms with E-state index in [1.54, 1.807) is 7.05 Å². The molecule has 1 aromatic carbocycles. The SMILES string of the molecule is CCn1c(-c2ccccc2)cc(C(=O)NC)c1C. The number of carbonyl (C=O) groups excluding carboxylic acids is 1. The molecule has 0 spiro atoms. The van der Waals surface area contributed by atoms with Gasteiger partial charge in [-0.25, -0.2) is 0 Å². The van der Waals surface area contributed by atoms with Crippen LogP contribution in [0.3, 0.4) is 0 Å². The number of hydrogen-bond donors (Lipinski definition) is 1. The zero-order valence-electron chi connectivity index (χ0n) is 11.0. The van der Waals surface area contributed by atoms with Crippen molar-refractivity contribution in [3.63, 3.8) is 0 Å². The molecule has 1 aromatic heterocycles. The van der Waals surface area contributed by atoms with Gasteiger partial charge in [0, 0.05) is 25.0 Å². The van der Waals surface area contributed by atoms with E-state index in [1.165, 1.54) is 0 Å². The Morgan fingerprint density at radius 2 is 1.94 bits per heavy atom. The highest BCUT2D eigenvalue weighted by atomic mass is 16.1. The molecular weight excluding hydrogens is 224 g/mol. The lowest BCUT2D eigenvalue weighted by atomic mass is 10.1. The van der Waals surface area contributed by atoms with Gasteiger partial charge < -0.3 is 9.88 Å². The molecule has 94 valence electrons. The van der Waals surface area contributed by atoms with Crippen LogP contribution >= 0.6 is 0 Å². The molecule has 0 saturated heterocycles. The minimum absolute atomic E-state index is 0.0307. The molecule has 1 heterocycles. The van der Waals surface area contributed by atoms with Crippen LogP contribution in [0.25, 0.3) is 11.3 Å². The molecule has 0 atom stereocenters. The average Bonchev–Trinajstić information content (AvgIpc) is 2.76. The molecule has 2 rings (SSSR count). The van der Waals surface area contributed by atoms with E-state index in [0.717, 1.165) is 29.1 Å². The van der Waals surface area contributed by atoms with Crippen LogP contribution in [-0.4, -0.2) is 17.5 Å². The minimum Gasteiger partial charge on any atom is -0.355 e. The third kappa shape index (κ3) is 2.04. The number of rotatable bonds is 3. The summed E-state index contributed by atoms with van der Waals surface area (Å²) in [5.74, 6) is -0.0307. The predicted octanol–water partition coefficient (Wildman–Crippen LogP) is 2.84. The molecule has 0 aliphatic carbocycles. The van der Waals surface area contributed by atoms with Crippen molar-refractivity contribution in [2.45, 2.75) is 20.4 Å². The van der Waals surface area contributed by atoms with Gasteiger partial charge in [-0.05, 0) is 25.5 Å². The maximum absolute atomic E-state index is 11.8. The number of amides is 1. The lowest BCUT2D eigenvalue weighted by Gasteiger charge is -2.08. The van der Waals surface area contributed by atoms with Gasteiger partial charge in [0.05, 0.1) is 5.56 Å². The van der Waals surface area contributed by atoms with E-state index in [0.29, 0.717) is 0 Å². The van der Waals surface area contributed by atoms with Gasteiger partial charge in [0.2, 0.25) is 0 Å². The van der Waals surface area contributed by atoms with Crippen LogP contribution in [0.1, 0.15) is 23.0 Å². The fraction of sp³-hybridized carbons (Fsp3) is 0.267. The maximum atomic E-state index is 11.8. The third-order valence-corrected chi connectivity index (χ3v) is 3.22. The molecule has 0 bridgehead atoms. The van der Waals surface area contributed by atoms with Crippen LogP contribution in [0, 0.1) is 6.92 Å². The van der Waals surface area contributed by atoms with Crippen molar-refractivity contribution in [1.29, 1.82) is 0 Å². The summed E-state index contributed by atoms with van der Waals surface area (Å²) in [6, 6.07) is 12.1. The van der Waals surface area contributed by atoms with Gasteiger partial charge in [0.25, 0.3) is 5.91 Å². The molecule has 1 N–H and O–H groups in total. The molecule has 1 amide bonds. The fourth-order valence-electron chi connectivity index (χ4n) is 2.27. The van der Waals surface area contributed by atoms with Gasteiger partial charge in [-0.2, -0.15) is 0 Å². The first kappa shape index (κ1) is 12.4. The highest BCUT2D eigenvalue weighted by Gasteiger charge is 2.16. The summed E-state index contributed by atoms with van der Waals surface area (Å²) in [5.41, 5.74) is 3.99. The van der Waals surface area contributed by atoms with E-state index in [9.17, 15) is 4.79 Å². The summed E-state index contributed by atoms with van der Waals surface area (Å²) < 4.78 is 2.17. The zero-order valence-corrected chi connectivity index (χ0v) is 11.0. The number of hydrogen-bond acceptors (Lipinski definition) is 1. The molecule has 18 heavy (non-hydrogen) atoms. The standard InChI is InChI=1S/C15H18N2O/c1-4-17-11(2)13(15(18)16-3)10-14(17)12-8-6-5-7-9-12/h5-10H,4H2,1-3H3,(H,16,18). The zero-order chi connectivity index (χ0) is 13.1. The first-order chi connectivity index (χ1) is 8.69. The Kier molecular flexibility index (Phi) is 3.51. The minimum atomic E-state index is -0.0307. The van der Waals surface area contributed by atoms with Crippen molar-refractivity contribution in [2.24, 2.45) is 0 Å². The Morgan fingerprint density at radius 1 is 1.28 bits per heavy atom. The van der Waals surface area contributed by atoms with Gasteiger partial charge in [0.1, 0.15) is 0 Å². The van der Waals surface area contributed by atoms with Gasteiger partial charge in [0.15, 0.2) is 0 Å². The van der Waals surface area contributed by atoms with Gasteiger partial charge in [-0.1, -0.05) is 30.3 Å². The van der Waals surface area contributed by atoms with E-state index in [1.807, 2.05) is 31.2 Å². The van der Waals surface area contributed by atoms with Crippen LogP contribution in [0.2, 0.25) is 0 Å². The topological polar surface area (TPSA) is 34.0 Å². The largest absolute Gasteiger partial charge is 0.355 e. The lowest BCUT2D eigenvalue weighted by Crippen LogP contribution is -2.18. The van der Waals surface area contributed by atoms with Gasteiger partial charge in [-0.3, -0.25) is 4.79 Å². The summed E-state index contributed by atoms with van der Waals surface area (Å²) in [6.07, 6.45) is 0. The van der Waals surface area contributed by atoms with E-state index >= 15 is 0 Å². The molecule has 0 aliphatic heterocycles. The number of aromatic nitrogens is 1. The predicted molar refractivity (Wildman–Crippen MR) is 73.7 cm³/mol. The van der Waals surface area contributed by atoms with Crippen molar-refractivity contribution in [3.05, 3.63) is 47.7 Å². The van der Waals surface area contributed by atoms with Crippen molar-refractivity contribution in [1.82, 2.24) is 9.88 Å². The summed E-state index contributed by atoms with van der Waals surface area (Å²) in [4.78, 5) is 11.8. The highest BCUT2D eigenvalue weighted by Crippen LogP contribution is 2.25. The van der Waals surface area contributed by atoms with Crippen LogP contribution in [-0.2, 0) is 6.54 Å². The van der Waals surface area contributed by atoms with Crippen molar-refractivity contribution in [2.75, 3.05) is 7.05 Å². The summed E-state index contributed by atoms with van der Waals surface area (Å²) in [6.45, 7) is 4.93. The number of nitrogens with one attached hydrogen (secondary N) is 1. The van der Waals surface area contributed by atoms with Gasteiger partial charge in [-0.15, -0.1) is 0 Å². The number of benzene rings is 1. The molecule has 2 aromatic rings. The Hall–Kier alpha value is -2.03. The molecule has 0 radical (unpaired) electrons. The Morgan fingerprint density at radius 3 is 2.50 bits per heavy atom. The summed E-state index contributed by atoms with van der Waals surface area (Å²) >= 11 is 0. The highest BCUT2D eigenvalue weighted by molar-refractivity contribution is 5.96. The molecule has 3 heteroatoms. The first-order valence-corrected chi connectivity index (χ1v) is 6.16. The molecular formula is C15H18N2O. The van der Waals surface area contributed by atoms with E-state index in [-0.39, 0.29) is 5.91 Å². The molecule has 0 aliphatic rings. The first-order valence-electron chi connectivity index (χ1n) is 6.16. The van der Waals surface area contributed by atoms with Gasteiger partial charge >= 0.3 is 0 Å². The van der Waals surface area contributed by atoms with Crippen LogP contribution in [0.5, 0.6) is 0 Å². The Bertz CT molecular complexity index is 555. The molecule has 3 nitrogen and oxygen atoms in total. The molecule has 0 unspecified atom stereocenters. The smallest absolute Gasteiger partial charge is 0.252 e. The Labute approximate surface area is 107 Å². The van der Waals surface area contributed by atoms with Crippen LogP contribution in [0.4, 0.5) is 0 Å². The van der Waals surface area contributed by atoms with E-state index < -0.39 is 0 Å². The number of carbonyl (C=O) groups is 1.